The smallest absolute Gasteiger partial charge is 0.220 e. The zero-order valence-corrected chi connectivity index (χ0v) is 11.1. The molecule has 1 fully saturated rings. The number of nitrogens with two attached hydrogens (primary N) is 1. The largest absolute Gasteiger partial charge is 0.388 e. The van der Waals surface area contributed by atoms with Crippen molar-refractivity contribution in [2.45, 2.75) is 58.0 Å². The maximum absolute atomic E-state index is 11.6. The molecule has 4 nitrogen and oxygen atoms in total. The van der Waals surface area contributed by atoms with Crippen LogP contribution in [0, 0.1) is 5.41 Å². The van der Waals surface area contributed by atoms with Crippen molar-refractivity contribution in [2.75, 3.05) is 13.1 Å². The Balaban J connectivity index is 2.16. The van der Waals surface area contributed by atoms with Gasteiger partial charge in [0.05, 0.1) is 5.60 Å². The molecule has 4 N–H and O–H groups in total. The molecule has 0 spiro atoms. The molecule has 4 heteroatoms. The van der Waals surface area contributed by atoms with Gasteiger partial charge in [-0.25, -0.2) is 0 Å². The summed E-state index contributed by atoms with van der Waals surface area (Å²) in [6.07, 6.45) is 4.98. The first-order valence-electron chi connectivity index (χ1n) is 6.56. The van der Waals surface area contributed by atoms with E-state index in [1.165, 1.54) is 0 Å². The Morgan fingerprint density at radius 2 is 2.06 bits per heavy atom. The summed E-state index contributed by atoms with van der Waals surface area (Å²) in [4.78, 5) is 11.6. The molecule has 0 aromatic heterocycles. The monoisotopic (exact) mass is 242 g/mol. The Labute approximate surface area is 104 Å². The third-order valence-electron chi connectivity index (χ3n) is 3.75. The zero-order valence-electron chi connectivity index (χ0n) is 11.1. The fourth-order valence-electron chi connectivity index (χ4n) is 2.08. The molecular formula is C13H26N2O2. The van der Waals surface area contributed by atoms with Gasteiger partial charge in [0.15, 0.2) is 0 Å². The van der Waals surface area contributed by atoms with Gasteiger partial charge in [-0.1, -0.05) is 13.8 Å². The minimum Gasteiger partial charge on any atom is -0.388 e. The van der Waals surface area contributed by atoms with Crippen molar-refractivity contribution in [3.8, 4) is 0 Å². The van der Waals surface area contributed by atoms with E-state index >= 15 is 0 Å². The van der Waals surface area contributed by atoms with Gasteiger partial charge in [-0.15, -0.1) is 0 Å². The first-order valence-corrected chi connectivity index (χ1v) is 6.56. The molecule has 0 aliphatic heterocycles. The summed E-state index contributed by atoms with van der Waals surface area (Å²) < 4.78 is 0. The molecule has 1 saturated carbocycles. The number of amides is 1. The standard InChI is InChI=1S/C13H26N2O2/c1-12(2,8-9-14)7-4-11(16)15-10-13(17)5-3-6-13/h17H,3-10,14H2,1-2H3,(H,15,16). The number of carbonyl (C=O) groups excluding carboxylic acids is 1. The van der Waals surface area contributed by atoms with E-state index in [0.29, 0.717) is 19.5 Å². The molecule has 100 valence electrons. The molecule has 0 heterocycles. The highest BCUT2D eigenvalue weighted by Gasteiger charge is 2.34. The molecule has 1 aliphatic rings. The number of hydrogen-bond acceptors (Lipinski definition) is 3. The molecule has 1 aliphatic carbocycles. The molecule has 0 atom stereocenters. The second kappa shape index (κ2) is 5.83. The highest BCUT2D eigenvalue weighted by atomic mass is 16.3. The van der Waals surface area contributed by atoms with Crippen molar-refractivity contribution < 1.29 is 9.90 Å². The predicted octanol–water partition coefficient (Wildman–Crippen LogP) is 1.17. The van der Waals surface area contributed by atoms with E-state index in [9.17, 15) is 9.90 Å². The maximum atomic E-state index is 11.6. The number of hydrogen-bond donors (Lipinski definition) is 3. The summed E-state index contributed by atoms with van der Waals surface area (Å²) in [5.41, 5.74) is 5.03. The normalized spacial score (nSPS) is 18.6. The lowest BCUT2D eigenvalue weighted by Gasteiger charge is -2.36. The molecule has 0 aromatic carbocycles. The lowest BCUT2D eigenvalue weighted by atomic mass is 9.80. The van der Waals surface area contributed by atoms with Crippen LogP contribution >= 0.6 is 0 Å². The summed E-state index contributed by atoms with van der Waals surface area (Å²) in [6.45, 7) is 5.33. The van der Waals surface area contributed by atoms with Crippen LogP contribution in [-0.2, 0) is 4.79 Å². The Hall–Kier alpha value is -0.610. The summed E-state index contributed by atoms with van der Waals surface area (Å²) in [7, 11) is 0. The van der Waals surface area contributed by atoms with Crippen LogP contribution < -0.4 is 11.1 Å². The fourth-order valence-corrected chi connectivity index (χ4v) is 2.08. The van der Waals surface area contributed by atoms with Crippen LogP contribution in [-0.4, -0.2) is 29.7 Å². The van der Waals surface area contributed by atoms with Crippen LogP contribution in [0.3, 0.4) is 0 Å². The molecule has 0 unspecified atom stereocenters. The van der Waals surface area contributed by atoms with E-state index < -0.39 is 5.60 Å². The summed E-state index contributed by atoms with van der Waals surface area (Å²) in [5.74, 6) is 0.0374. The minimum atomic E-state index is -0.623. The fraction of sp³-hybridized carbons (Fsp3) is 0.923. The van der Waals surface area contributed by atoms with Crippen molar-refractivity contribution in [3.63, 3.8) is 0 Å². The van der Waals surface area contributed by atoms with Gasteiger partial charge in [-0.2, -0.15) is 0 Å². The number of aliphatic hydroxyl groups is 1. The first kappa shape index (κ1) is 14.5. The Kier molecular flexibility index (Phi) is 4.95. The van der Waals surface area contributed by atoms with E-state index in [2.05, 4.69) is 19.2 Å². The highest BCUT2D eigenvalue weighted by molar-refractivity contribution is 5.76. The minimum absolute atomic E-state index is 0.0374. The van der Waals surface area contributed by atoms with E-state index in [4.69, 9.17) is 5.73 Å². The second-order valence-electron chi connectivity index (χ2n) is 6.06. The molecular weight excluding hydrogens is 216 g/mol. The third kappa shape index (κ3) is 5.04. The van der Waals surface area contributed by atoms with Crippen molar-refractivity contribution in [3.05, 3.63) is 0 Å². The third-order valence-corrected chi connectivity index (χ3v) is 3.75. The van der Waals surface area contributed by atoms with E-state index in [-0.39, 0.29) is 11.3 Å². The Morgan fingerprint density at radius 3 is 2.53 bits per heavy atom. The van der Waals surface area contributed by atoms with Gasteiger partial charge >= 0.3 is 0 Å². The SMILES string of the molecule is CC(C)(CCN)CCC(=O)NCC1(O)CCC1. The molecule has 1 rings (SSSR count). The summed E-state index contributed by atoms with van der Waals surface area (Å²) >= 11 is 0. The molecule has 0 radical (unpaired) electrons. The van der Waals surface area contributed by atoms with Crippen molar-refractivity contribution in [1.82, 2.24) is 5.32 Å². The molecule has 17 heavy (non-hydrogen) atoms. The van der Waals surface area contributed by atoms with Gasteiger partial charge in [-0.05, 0) is 44.1 Å². The summed E-state index contributed by atoms with van der Waals surface area (Å²) in [6, 6.07) is 0. The van der Waals surface area contributed by atoms with Crippen LogP contribution in [0.1, 0.15) is 52.4 Å². The highest BCUT2D eigenvalue weighted by Crippen LogP contribution is 2.30. The van der Waals surface area contributed by atoms with Crippen molar-refractivity contribution in [2.24, 2.45) is 11.1 Å². The van der Waals surface area contributed by atoms with Crippen LogP contribution in [0.4, 0.5) is 0 Å². The lowest BCUT2D eigenvalue weighted by Crippen LogP contribution is -2.47. The van der Waals surface area contributed by atoms with E-state index in [1.807, 2.05) is 0 Å². The van der Waals surface area contributed by atoms with Gasteiger partial charge in [0.1, 0.15) is 0 Å². The van der Waals surface area contributed by atoms with Gasteiger partial charge in [0.25, 0.3) is 0 Å². The first-order chi connectivity index (χ1) is 7.87. The Bertz CT molecular complexity index is 260. The van der Waals surface area contributed by atoms with Gasteiger partial charge in [-0.3, -0.25) is 4.79 Å². The van der Waals surface area contributed by atoms with Crippen molar-refractivity contribution in [1.29, 1.82) is 0 Å². The quantitative estimate of drug-likeness (QED) is 0.627. The lowest BCUT2D eigenvalue weighted by molar-refractivity contribution is -0.124. The van der Waals surface area contributed by atoms with Crippen LogP contribution in [0.5, 0.6) is 0 Å². The molecule has 1 amide bonds. The average Bonchev–Trinajstić information content (AvgIpc) is 2.21. The number of carbonyl (C=O) groups is 1. The molecule has 0 saturated heterocycles. The number of nitrogens with one attached hydrogen (secondary N) is 1. The summed E-state index contributed by atoms with van der Waals surface area (Å²) in [5, 5.41) is 12.7. The predicted molar refractivity (Wildman–Crippen MR) is 68.5 cm³/mol. The second-order valence-corrected chi connectivity index (χ2v) is 6.06. The van der Waals surface area contributed by atoms with Gasteiger partial charge in [0.2, 0.25) is 5.91 Å². The van der Waals surface area contributed by atoms with Crippen LogP contribution in [0.2, 0.25) is 0 Å². The topological polar surface area (TPSA) is 75.4 Å². The van der Waals surface area contributed by atoms with Crippen molar-refractivity contribution >= 4 is 5.91 Å². The molecule has 0 bridgehead atoms. The maximum Gasteiger partial charge on any atom is 0.220 e. The van der Waals surface area contributed by atoms with E-state index in [1.54, 1.807) is 0 Å². The Morgan fingerprint density at radius 1 is 1.41 bits per heavy atom. The van der Waals surface area contributed by atoms with Gasteiger partial charge in [0, 0.05) is 13.0 Å². The van der Waals surface area contributed by atoms with E-state index in [0.717, 1.165) is 32.1 Å². The van der Waals surface area contributed by atoms with Crippen LogP contribution in [0.25, 0.3) is 0 Å². The zero-order chi connectivity index (χ0) is 12.9. The average molecular weight is 242 g/mol. The number of rotatable bonds is 7. The van der Waals surface area contributed by atoms with Gasteiger partial charge < -0.3 is 16.2 Å². The molecule has 0 aromatic rings. The van der Waals surface area contributed by atoms with Crippen LogP contribution in [0.15, 0.2) is 0 Å².